The predicted molar refractivity (Wildman–Crippen MR) is 133 cm³/mol. The van der Waals surface area contributed by atoms with E-state index < -0.39 is 12.1 Å². The second-order valence-electron chi connectivity index (χ2n) is 9.73. The fraction of sp³-hybridized carbons (Fsp3) is 0.464. The summed E-state index contributed by atoms with van der Waals surface area (Å²) in [6, 6.07) is 16.3. The molecule has 2 aliphatic carbocycles. The molecule has 0 radical (unpaired) electrons. The average molecular weight is 479 g/mol. The molecule has 0 heterocycles. The first-order valence-corrected chi connectivity index (χ1v) is 12.6. The zero-order valence-corrected chi connectivity index (χ0v) is 20.2. The molecule has 0 spiro atoms. The topological polar surface area (TPSA) is 105 Å². The summed E-state index contributed by atoms with van der Waals surface area (Å²) in [4.78, 5) is 35.9. The zero-order chi connectivity index (χ0) is 24.8. The van der Waals surface area contributed by atoms with Gasteiger partial charge in [-0.05, 0) is 61.3 Å². The molecule has 1 unspecified atom stereocenters. The Labute approximate surface area is 206 Å². The van der Waals surface area contributed by atoms with Crippen molar-refractivity contribution in [2.45, 2.75) is 69.9 Å². The fourth-order valence-electron chi connectivity index (χ4n) is 5.33. The van der Waals surface area contributed by atoms with E-state index >= 15 is 0 Å². The van der Waals surface area contributed by atoms with E-state index in [1.165, 1.54) is 22.3 Å². The zero-order valence-electron chi connectivity index (χ0n) is 20.2. The molecule has 7 nitrogen and oxygen atoms in total. The van der Waals surface area contributed by atoms with Gasteiger partial charge in [-0.25, -0.2) is 4.79 Å². The van der Waals surface area contributed by atoms with E-state index in [1.54, 1.807) is 0 Å². The number of fused-ring (bicyclic) bond motifs is 3. The summed E-state index contributed by atoms with van der Waals surface area (Å²) in [6.45, 7) is 2.17. The third-order valence-corrected chi connectivity index (χ3v) is 7.14. The summed E-state index contributed by atoms with van der Waals surface area (Å²) >= 11 is 0. The van der Waals surface area contributed by atoms with Gasteiger partial charge >= 0.3 is 12.1 Å². The lowest BCUT2D eigenvalue weighted by atomic mass is 9.85. The minimum absolute atomic E-state index is 0.0210. The van der Waals surface area contributed by atoms with E-state index in [9.17, 15) is 19.5 Å². The summed E-state index contributed by atoms with van der Waals surface area (Å²) in [6.07, 6.45) is 4.02. The molecule has 3 atom stereocenters. The maximum absolute atomic E-state index is 12.4. The third kappa shape index (κ3) is 6.21. The Balaban J connectivity index is 1.17. The lowest BCUT2D eigenvalue weighted by Gasteiger charge is -2.27. The van der Waals surface area contributed by atoms with Crippen LogP contribution < -0.4 is 10.6 Å². The second-order valence-corrected chi connectivity index (χ2v) is 9.73. The van der Waals surface area contributed by atoms with Crippen molar-refractivity contribution in [3.8, 4) is 11.1 Å². The molecule has 2 aromatic rings. The molecule has 0 aliphatic heterocycles. The SMILES string of the molecule is CC(CCCC(=O)N[C@H]1CCC[C@@H](C(=O)O)C1)NC(=O)OCC1c2ccccc2-c2ccccc21. The Morgan fingerprint density at radius 1 is 1.03 bits per heavy atom. The molecule has 1 fully saturated rings. The van der Waals surface area contributed by atoms with Gasteiger partial charge in [-0.1, -0.05) is 55.0 Å². The fourth-order valence-corrected chi connectivity index (χ4v) is 5.33. The third-order valence-electron chi connectivity index (χ3n) is 7.14. The van der Waals surface area contributed by atoms with Crippen LogP contribution in [-0.2, 0) is 14.3 Å². The second kappa shape index (κ2) is 11.4. The standard InChI is InChI=1S/C28H34N2O5/c1-18(8-6-15-26(31)30-20-10-7-9-19(16-20)27(32)33)29-28(34)35-17-25-23-13-4-2-11-21(23)22-12-3-5-14-24(22)25/h2-5,11-14,18-20,25H,6-10,15-17H2,1H3,(H,29,34)(H,30,31)(H,32,33)/t18?,19-,20+/m1/s1. The van der Waals surface area contributed by atoms with Crippen LogP contribution in [0.1, 0.15) is 68.9 Å². The maximum Gasteiger partial charge on any atom is 0.407 e. The lowest BCUT2D eigenvalue weighted by molar-refractivity contribution is -0.143. The van der Waals surface area contributed by atoms with Crippen LogP contribution in [-0.4, -0.2) is 41.8 Å². The normalized spacial score (nSPS) is 19.8. The highest BCUT2D eigenvalue weighted by Gasteiger charge is 2.29. The molecule has 0 aromatic heterocycles. The van der Waals surface area contributed by atoms with Crippen LogP contribution in [0.15, 0.2) is 48.5 Å². The highest BCUT2D eigenvalue weighted by Crippen LogP contribution is 2.44. The van der Waals surface area contributed by atoms with Crippen LogP contribution in [0.2, 0.25) is 0 Å². The number of carboxylic acid groups (broad SMARTS) is 1. The molecule has 0 saturated heterocycles. The van der Waals surface area contributed by atoms with Crippen molar-refractivity contribution >= 4 is 18.0 Å². The van der Waals surface area contributed by atoms with Gasteiger partial charge in [-0.3, -0.25) is 9.59 Å². The molecule has 2 amide bonds. The number of alkyl carbamates (subject to hydrolysis) is 1. The largest absolute Gasteiger partial charge is 0.481 e. The number of amides is 2. The van der Waals surface area contributed by atoms with Crippen molar-refractivity contribution in [3.05, 3.63) is 59.7 Å². The number of carbonyl (C=O) groups excluding carboxylic acids is 2. The Morgan fingerprint density at radius 3 is 2.34 bits per heavy atom. The van der Waals surface area contributed by atoms with Gasteiger partial charge in [0.15, 0.2) is 0 Å². The molecule has 2 aliphatic rings. The van der Waals surface area contributed by atoms with E-state index in [0.717, 1.165) is 12.8 Å². The number of ether oxygens (including phenoxy) is 1. The molecule has 186 valence electrons. The lowest BCUT2D eigenvalue weighted by Crippen LogP contribution is -2.40. The van der Waals surface area contributed by atoms with Gasteiger partial charge in [0.2, 0.25) is 5.91 Å². The summed E-state index contributed by atoms with van der Waals surface area (Å²) in [5, 5.41) is 15.0. The van der Waals surface area contributed by atoms with Gasteiger partial charge in [0.1, 0.15) is 6.61 Å². The molecular weight excluding hydrogens is 444 g/mol. The number of hydrogen-bond donors (Lipinski definition) is 3. The number of carboxylic acids is 1. The minimum atomic E-state index is -0.780. The molecule has 1 saturated carbocycles. The van der Waals surface area contributed by atoms with E-state index in [0.29, 0.717) is 32.1 Å². The van der Waals surface area contributed by atoms with Gasteiger partial charge in [0, 0.05) is 24.4 Å². The van der Waals surface area contributed by atoms with Crippen molar-refractivity contribution in [2.24, 2.45) is 5.92 Å². The van der Waals surface area contributed by atoms with E-state index in [2.05, 4.69) is 34.9 Å². The number of nitrogens with one attached hydrogen (secondary N) is 2. The molecule has 7 heteroatoms. The van der Waals surface area contributed by atoms with Gasteiger partial charge in [-0.2, -0.15) is 0 Å². The Bertz CT molecular complexity index is 1020. The summed E-state index contributed by atoms with van der Waals surface area (Å²) < 4.78 is 5.59. The predicted octanol–water partition coefficient (Wildman–Crippen LogP) is 4.84. The van der Waals surface area contributed by atoms with Crippen molar-refractivity contribution in [1.82, 2.24) is 10.6 Å². The van der Waals surface area contributed by atoms with Crippen LogP contribution in [0, 0.1) is 5.92 Å². The Hall–Kier alpha value is -3.35. The van der Waals surface area contributed by atoms with Crippen molar-refractivity contribution < 1.29 is 24.2 Å². The number of aliphatic carboxylic acids is 1. The first-order chi connectivity index (χ1) is 16.9. The Kier molecular flexibility index (Phi) is 8.06. The van der Waals surface area contributed by atoms with Gasteiger partial charge in [-0.15, -0.1) is 0 Å². The van der Waals surface area contributed by atoms with Crippen molar-refractivity contribution in [2.75, 3.05) is 6.61 Å². The molecular formula is C28H34N2O5. The van der Waals surface area contributed by atoms with E-state index in [-0.39, 0.29) is 36.4 Å². The molecule has 2 aromatic carbocycles. The number of hydrogen-bond acceptors (Lipinski definition) is 4. The summed E-state index contributed by atoms with van der Waals surface area (Å²) in [5.74, 6) is -1.19. The van der Waals surface area contributed by atoms with Crippen LogP contribution >= 0.6 is 0 Å². The maximum atomic E-state index is 12.4. The van der Waals surface area contributed by atoms with Crippen molar-refractivity contribution in [1.29, 1.82) is 0 Å². The highest BCUT2D eigenvalue weighted by molar-refractivity contribution is 5.79. The molecule has 4 rings (SSSR count). The average Bonchev–Trinajstić information content (AvgIpc) is 3.16. The van der Waals surface area contributed by atoms with E-state index in [4.69, 9.17) is 4.74 Å². The number of benzene rings is 2. The van der Waals surface area contributed by atoms with Gasteiger partial charge in [0.25, 0.3) is 0 Å². The quantitative estimate of drug-likeness (QED) is 0.478. The van der Waals surface area contributed by atoms with Gasteiger partial charge < -0.3 is 20.5 Å². The van der Waals surface area contributed by atoms with Crippen molar-refractivity contribution in [3.63, 3.8) is 0 Å². The monoisotopic (exact) mass is 478 g/mol. The van der Waals surface area contributed by atoms with Gasteiger partial charge in [0.05, 0.1) is 5.92 Å². The first-order valence-electron chi connectivity index (χ1n) is 12.6. The minimum Gasteiger partial charge on any atom is -0.481 e. The number of rotatable bonds is 9. The molecule has 3 N–H and O–H groups in total. The highest BCUT2D eigenvalue weighted by atomic mass is 16.5. The first kappa shape index (κ1) is 24.8. The Morgan fingerprint density at radius 2 is 1.69 bits per heavy atom. The number of carbonyl (C=O) groups is 3. The van der Waals surface area contributed by atoms with Crippen LogP contribution in [0.25, 0.3) is 11.1 Å². The van der Waals surface area contributed by atoms with Crippen LogP contribution in [0.5, 0.6) is 0 Å². The van der Waals surface area contributed by atoms with Crippen LogP contribution in [0.4, 0.5) is 4.79 Å². The molecule has 0 bridgehead atoms. The molecule has 35 heavy (non-hydrogen) atoms. The smallest absolute Gasteiger partial charge is 0.407 e. The van der Waals surface area contributed by atoms with Crippen LogP contribution in [0.3, 0.4) is 0 Å². The van der Waals surface area contributed by atoms with E-state index in [1.807, 2.05) is 31.2 Å². The summed E-state index contributed by atoms with van der Waals surface area (Å²) in [7, 11) is 0. The summed E-state index contributed by atoms with van der Waals surface area (Å²) in [5.41, 5.74) is 4.73.